The van der Waals surface area contributed by atoms with Gasteiger partial charge in [0.2, 0.25) is 0 Å². The molecule has 0 N–H and O–H groups in total. The van der Waals surface area contributed by atoms with E-state index in [0.29, 0.717) is 5.57 Å². The number of allylic oxidation sites excluding steroid dienone is 5. The van der Waals surface area contributed by atoms with Crippen molar-refractivity contribution in [1.29, 1.82) is 0 Å². The first kappa shape index (κ1) is 15.1. The lowest BCUT2D eigenvalue weighted by Gasteiger charge is -2.13. The first-order valence-corrected chi connectivity index (χ1v) is 6.56. The quantitative estimate of drug-likeness (QED) is 0.565. The molecule has 0 saturated carbocycles. The van der Waals surface area contributed by atoms with Crippen LogP contribution in [0.15, 0.2) is 54.8 Å². The van der Waals surface area contributed by atoms with Crippen molar-refractivity contribution in [2.75, 3.05) is 0 Å². The van der Waals surface area contributed by atoms with Crippen molar-refractivity contribution in [3.63, 3.8) is 0 Å². The molecule has 0 aliphatic heterocycles. The van der Waals surface area contributed by atoms with Gasteiger partial charge in [0.1, 0.15) is 0 Å². The minimum atomic E-state index is -0.199. The minimum absolute atomic E-state index is 0.0759. The molecule has 1 unspecified atom stereocenters. The molecular weight excluding hydrogens is 234 g/mol. The second-order valence-electron chi connectivity index (χ2n) is 4.44. The number of Topliss-reactive ketones (excluding diaryl/α,β-unsaturated/α-hetero) is 1. The molecule has 0 spiro atoms. The number of hydrogen-bond acceptors (Lipinski definition) is 2. The van der Waals surface area contributed by atoms with Crippen LogP contribution in [-0.2, 0) is 4.79 Å². The van der Waals surface area contributed by atoms with Crippen molar-refractivity contribution in [2.24, 2.45) is 0 Å². The molecule has 0 fully saturated rings. The predicted octanol–water partition coefficient (Wildman–Crippen LogP) is 4.14. The molecule has 2 nitrogen and oxygen atoms in total. The van der Waals surface area contributed by atoms with E-state index in [1.165, 1.54) is 0 Å². The van der Waals surface area contributed by atoms with Gasteiger partial charge in [-0.05, 0) is 31.9 Å². The highest BCUT2D eigenvalue weighted by molar-refractivity contribution is 6.02. The number of aryl methyl sites for hydroxylation is 1. The number of hydrogen-bond donors (Lipinski definition) is 0. The van der Waals surface area contributed by atoms with Crippen LogP contribution in [0, 0.1) is 6.92 Å². The fourth-order valence-electron chi connectivity index (χ4n) is 1.87. The standard InChI is InChI=1S/C17H21NO/c1-5-8-9-14(6-2)17(19)15(7-3)16-11-10-13(4)12-18-16/h5-6,8-12,15H,2,7H2,1,3-4H3/b8-5-,14-9+. The summed E-state index contributed by atoms with van der Waals surface area (Å²) in [5.41, 5.74) is 2.55. The van der Waals surface area contributed by atoms with Gasteiger partial charge >= 0.3 is 0 Å². The summed E-state index contributed by atoms with van der Waals surface area (Å²) < 4.78 is 0. The van der Waals surface area contributed by atoms with Crippen LogP contribution < -0.4 is 0 Å². The van der Waals surface area contributed by atoms with E-state index in [0.717, 1.165) is 17.7 Å². The zero-order valence-electron chi connectivity index (χ0n) is 11.9. The van der Waals surface area contributed by atoms with Gasteiger partial charge < -0.3 is 0 Å². The van der Waals surface area contributed by atoms with Crippen LogP contribution in [0.4, 0.5) is 0 Å². The maximum absolute atomic E-state index is 12.5. The molecule has 1 rings (SSSR count). The van der Waals surface area contributed by atoms with E-state index in [2.05, 4.69) is 11.6 Å². The average molecular weight is 255 g/mol. The van der Waals surface area contributed by atoms with Crippen molar-refractivity contribution in [2.45, 2.75) is 33.1 Å². The van der Waals surface area contributed by atoms with Gasteiger partial charge in [-0.25, -0.2) is 0 Å². The smallest absolute Gasteiger partial charge is 0.171 e. The number of rotatable bonds is 6. The largest absolute Gasteiger partial charge is 0.293 e. The van der Waals surface area contributed by atoms with Crippen LogP contribution in [0.1, 0.15) is 37.4 Å². The average Bonchev–Trinajstić information content (AvgIpc) is 2.42. The number of pyridine rings is 1. The number of nitrogens with zero attached hydrogens (tertiary/aromatic N) is 1. The Labute approximate surface area is 115 Å². The Morgan fingerprint density at radius 3 is 2.68 bits per heavy atom. The SMILES string of the molecule is C=C/C(=C\C=C/C)C(=O)C(CC)c1ccc(C)cn1. The third-order valence-corrected chi connectivity index (χ3v) is 2.99. The van der Waals surface area contributed by atoms with E-state index in [4.69, 9.17) is 0 Å². The van der Waals surface area contributed by atoms with Crippen molar-refractivity contribution in [1.82, 2.24) is 4.98 Å². The fourth-order valence-corrected chi connectivity index (χ4v) is 1.87. The summed E-state index contributed by atoms with van der Waals surface area (Å²) in [7, 11) is 0. The van der Waals surface area contributed by atoms with Crippen LogP contribution in [0.2, 0.25) is 0 Å². The van der Waals surface area contributed by atoms with Gasteiger partial charge in [-0.1, -0.05) is 43.9 Å². The van der Waals surface area contributed by atoms with E-state index in [9.17, 15) is 4.79 Å². The summed E-state index contributed by atoms with van der Waals surface area (Å²) in [5, 5.41) is 0. The molecule has 19 heavy (non-hydrogen) atoms. The lowest BCUT2D eigenvalue weighted by atomic mass is 9.91. The second kappa shape index (κ2) is 7.47. The molecule has 0 aliphatic rings. The first-order valence-electron chi connectivity index (χ1n) is 6.56. The first-order chi connectivity index (χ1) is 9.13. The molecule has 0 aromatic carbocycles. The lowest BCUT2D eigenvalue weighted by molar-refractivity contribution is -0.116. The van der Waals surface area contributed by atoms with E-state index < -0.39 is 0 Å². The molecule has 100 valence electrons. The maximum atomic E-state index is 12.5. The Morgan fingerprint density at radius 2 is 2.21 bits per heavy atom. The van der Waals surface area contributed by atoms with Crippen molar-refractivity contribution in [3.8, 4) is 0 Å². The molecule has 0 bridgehead atoms. The highest BCUT2D eigenvalue weighted by Crippen LogP contribution is 2.22. The summed E-state index contributed by atoms with van der Waals surface area (Å²) in [6.45, 7) is 9.62. The topological polar surface area (TPSA) is 30.0 Å². The zero-order valence-corrected chi connectivity index (χ0v) is 11.9. The Kier molecular flexibility index (Phi) is 5.94. The van der Waals surface area contributed by atoms with Gasteiger partial charge in [0, 0.05) is 11.8 Å². The van der Waals surface area contributed by atoms with Crippen LogP contribution in [0.5, 0.6) is 0 Å². The van der Waals surface area contributed by atoms with E-state index in [1.807, 2.05) is 45.1 Å². The number of ketones is 1. The summed E-state index contributed by atoms with van der Waals surface area (Å²) in [4.78, 5) is 16.9. The van der Waals surface area contributed by atoms with E-state index in [1.54, 1.807) is 18.3 Å². The Hall–Kier alpha value is -1.96. The normalized spacial score (nSPS) is 13.5. The summed E-state index contributed by atoms with van der Waals surface area (Å²) in [5.74, 6) is -0.123. The maximum Gasteiger partial charge on any atom is 0.171 e. The number of carbonyl (C=O) groups is 1. The Balaban J connectivity index is 3.05. The van der Waals surface area contributed by atoms with Crippen molar-refractivity contribution in [3.05, 3.63) is 66.0 Å². The van der Waals surface area contributed by atoms with E-state index in [-0.39, 0.29) is 11.7 Å². The van der Waals surface area contributed by atoms with Crippen molar-refractivity contribution < 1.29 is 4.79 Å². The van der Waals surface area contributed by atoms with Gasteiger partial charge in [0.25, 0.3) is 0 Å². The molecule has 0 saturated heterocycles. The minimum Gasteiger partial charge on any atom is -0.293 e. The fraction of sp³-hybridized carbons (Fsp3) is 0.294. The molecule has 0 aliphatic carbocycles. The zero-order chi connectivity index (χ0) is 14.3. The molecule has 0 amide bonds. The Morgan fingerprint density at radius 1 is 1.47 bits per heavy atom. The molecule has 1 aromatic heterocycles. The van der Waals surface area contributed by atoms with Crippen LogP contribution in [0.25, 0.3) is 0 Å². The highest BCUT2D eigenvalue weighted by Gasteiger charge is 2.21. The summed E-state index contributed by atoms with van der Waals surface area (Å²) in [6.07, 6.45) is 9.68. The van der Waals surface area contributed by atoms with Crippen LogP contribution >= 0.6 is 0 Å². The molecule has 1 atom stereocenters. The summed E-state index contributed by atoms with van der Waals surface area (Å²) >= 11 is 0. The van der Waals surface area contributed by atoms with Gasteiger partial charge in [0.05, 0.1) is 11.6 Å². The molecule has 1 heterocycles. The monoisotopic (exact) mass is 255 g/mol. The molecule has 2 heteroatoms. The van der Waals surface area contributed by atoms with Gasteiger partial charge in [-0.2, -0.15) is 0 Å². The van der Waals surface area contributed by atoms with Gasteiger partial charge in [-0.3, -0.25) is 9.78 Å². The van der Waals surface area contributed by atoms with Crippen LogP contribution in [0.3, 0.4) is 0 Å². The molecule has 1 aromatic rings. The predicted molar refractivity (Wildman–Crippen MR) is 80.1 cm³/mol. The summed E-state index contributed by atoms with van der Waals surface area (Å²) in [6, 6.07) is 3.92. The third-order valence-electron chi connectivity index (χ3n) is 2.99. The molecule has 0 radical (unpaired) electrons. The number of aromatic nitrogens is 1. The third kappa shape index (κ3) is 4.02. The molecular formula is C17H21NO. The van der Waals surface area contributed by atoms with E-state index >= 15 is 0 Å². The highest BCUT2D eigenvalue weighted by atomic mass is 16.1. The lowest BCUT2D eigenvalue weighted by Crippen LogP contribution is -2.14. The van der Waals surface area contributed by atoms with Crippen LogP contribution in [-0.4, -0.2) is 10.8 Å². The Bertz CT molecular complexity index is 494. The van der Waals surface area contributed by atoms with Crippen molar-refractivity contribution >= 4 is 5.78 Å². The van der Waals surface area contributed by atoms with Gasteiger partial charge in [0.15, 0.2) is 5.78 Å². The number of carbonyl (C=O) groups excluding carboxylic acids is 1. The second-order valence-corrected chi connectivity index (χ2v) is 4.44. The van der Waals surface area contributed by atoms with Gasteiger partial charge in [-0.15, -0.1) is 0 Å².